The van der Waals surface area contributed by atoms with E-state index in [1.54, 1.807) is 29.2 Å². The minimum Gasteiger partial charge on any atom is -0.462 e. The van der Waals surface area contributed by atoms with E-state index in [2.05, 4.69) is 5.32 Å². The first kappa shape index (κ1) is 27.6. The Morgan fingerprint density at radius 1 is 0.923 bits per heavy atom. The van der Waals surface area contributed by atoms with Gasteiger partial charge in [0.25, 0.3) is 17.7 Å². The number of nitrogens with one attached hydrogen (secondary N) is 1. The first-order valence-electron chi connectivity index (χ1n) is 12.6. The SMILES string of the molecule is CCCOC(=O)c1ccc(N2C(=O)C(Cl)=C(Nc3ccc(C(=O)N(CC)c4cccc(C)c4)cc3)C2=O)cc1. The van der Waals surface area contributed by atoms with Gasteiger partial charge < -0.3 is 15.0 Å². The molecule has 9 heteroatoms. The van der Waals surface area contributed by atoms with Gasteiger partial charge in [0.1, 0.15) is 10.7 Å². The van der Waals surface area contributed by atoms with Crippen LogP contribution < -0.4 is 15.1 Å². The molecule has 1 heterocycles. The second-order valence-corrected chi connectivity index (χ2v) is 9.29. The van der Waals surface area contributed by atoms with Crippen LogP contribution >= 0.6 is 11.6 Å². The average Bonchev–Trinajstić information content (AvgIpc) is 3.15. The number of rotatable bonds is 9. The zero-order valence-electron chi connectivity index (χ0n) is 21.9. The summed E-state index contributed by atoms with van der Waals surface area (Å²) in [7, 11) is 0. The average molecular weight is 546 g/mol. The van der Waals surface area contributed by atoms with E-state index < -0.39 is 17.8 Å². The number of carbonyl (C=O) groups excluding carboxylic acids is 4. The van der Waals surface area contributed by atoms with Crippen LogP contribution in [0.25, 0.3) is 0 Å². The van der Waals surface area contributed by atoms with Gasteiger partial charge in [0.2, 0.25) is 0 Å². The van der Waals surface area contributed by atoms with Gasteiger partial charge in [0.15, 0.2) is 0 Å². The highest BCUT2D eigenvalue weighted by Gasteiger charge is 2.39. The Bertz CT molecular complexity index is 1450. The lowest BCUT2D eigenvalue weighted by Gasteiger charge is -2.21. The van der Waals surface area contributed by atoms with Crippen LogP contribution in [0.1, 0.15) is 46.5 Å². The fourth-order valence-electron chi connectivity index (χ4n) is 4.11. The second-order valence-electron chi connectivity index (χ2n) is 8.91. The van der Waals surface area contributed by atoms with E-state index in [0.717, 1.165) is 16.2 Å². The molecule has 3 aromatic carbocycles. The minimum atomic E-state index is -0.686. The van der Waals surface area contributed by atoms with E-state index in [1.165, 1.54) is 24.3 Å². The molecule has 0 fully saturated rings. The quantitative estimate of drug-likeness (QED) is 0.275. The summed E-state index contributed by atoms with van der Waals surface area (Å²) in [6.07, 6.45) is 0.699. The lowest BCUT2D eigenvalue weighted by Crippen LogP contribution is -2.32. The summed E-state index contributed by atoms with van der Waals surface area (Å²) >= 11 is 6.25. The Morgan fingerprint density at radius 2 is 1.59 bits per heavy atom. The molecule has 0 bridgehead atoms. The third-order valence-electron chi connectivity index (χ3n) is 6.10. The first-order valence-corrected chi connectivity index (χ1v) is 12.9. The summed E-state index contributed by atoms with van der Waals surface area (Å²) < 4.78 is 5.11. The molecule has 200 valence electrons. The number of imide groups is 1. The van der Waals surface area contributed by atoms with E-state index in [4.69, 9.17) is 16.3 Å². The number of esters is 1. The molecule has 0 spiro atoms. The van der Waals surface area contributed by atoms with Crippen molar-refractivity contribution < 1.29 is 23.9 Å². The molecular formula is C30H28ClN3O5. The van der Waals surface area contributed by atoms with Gasteiger partial charge in [-0.3, -0.25) is 14.4 Å². The van der Waals surface area contributed by atoms with E-state index in [1.807, 2.05) is 45.0 Å². The van der Waals surface area contributed by atoms with Gasteiger partial charge >= 0.3 is 5.97 Å². The van der Waals surface area contributed by atoms with Gasteiger partial charge in [-0.1, -0.05) is 30.7 Å². The molecule has 4 rings (SSSR count). The molecule has 0 saturated carbocycles. The number of hydrogen-bond donors (Lipinski definition) is 1. The maximum Gasteiger partial charge on any atom is 0.338 e. The Morgan fingerprint density at radius 3 is 2.21 bits per heavy atom. The highest BCUT2D eigenvalue weighted by molar-refractivity contribution is 6.53. The third-order valence-corrected chi connectivity index (χ3v) is 6.45. The van der Waals surface area contributed by atoms with Crippen molar-refractivity contribution in [3.05, 3.63) is 100 Å². The first-order chi connectivity index (χ1) is 18.7. The van der Waals surface area contributed by atoms with Gasteiger partial charge in [-0.15, -0.1) is 0 Å². The molecule has 3 aromatic rings. The number of hydrogen-bond acceptors (Lipinski definition) is 6. The summed E-state index contributed by atoms with van der Waals surface area (Å²) in [5.41, 5.74) is 3.31. The van der Waals surface area contributed by atoms with Gasteiger partial charge in [0, 0.05) is 23.5 Å². The molecule has 8 nitrogen and oxygen atoms in total. The smallest absolute Gasteiger partial charge is 0.338 e. The van der Waals surface area contributed by atoms with Crippen LogP contribution in [0.15, 0.2) is 83.5 Å². The van der Waals surface area contributed by atoms with Gasteiger partial charge in [-0.2, -0.15) is 0 Å². The van der Waals surface area contributed by atoms with Gasteiger partial charge in [-0.25, -0.2) is 9.69 Å². The van der Waals surface area contributed by atoms with Crippen molar-refractivity contribution in [2.24, 2.45) is 0 Å². The topological polar surface area (TPSA) is 96.0 Å². The molecule has 1 aliphatic rings. The Kier molecular flexibility index (Phi) is 8.46. The van der Waals surface area contributed by atoms with Crippen molar-refractivity contribution in [1.82, 2.24) is 0 Å². The molecule has 0 saturated heterocycles. The largest absolute Gasteiger partial charge is 0.462 e. The number of aryl methyl sites for hydroxylation is 1. The lowest BCUT2D eigenvalue weighted by molar-refractivity contribution is -0.120. The maximum absolute atomic E-state index is 13.1. The highest BCUT2D eigenvalue weighted by atomic mass is 35.5. The number of nitrogens with zero attached hydrogens (tertiary/aromatic N) is 2. The van der Waals surface area contributed by atoms with Crippen LogP contribution in [0.2, 0.25) is 0 Å². The molecule has 3 amide bonds. The van der Waals surface area contributed by atoms with E-state index in [0.29, 0.717) is 36.4 Å². The third kappa shape index (κ3) is 5.86. The standard InChI is InChI=1S/C30H28ClN3O5/c1-4-17-39-30(38)21-11-15-23(16-12-21)34-28(36)25(31)26(29(34)37)32-22-13-9-20(10-14-22)27(35)33(5-2)24-8-6-7-19(3)18-24/h6-16,18,32H,4-5,17H2,1-3H3. The van der Waals surface area contributed by atoms with Gasteiger partial charge in [-0.05, 0) is 86.5 Å². The van der Waals surface area contributed by atoms with E-state index in [9.17, 15) is 19.2 Å². The number of halogens is 1. The van der Waals surface area contributed by atoms with E-state index in [-0.39, 0.29) is 22.3 Å². The Hall–Kier alpha value is -4.43. The molecule has 1 aliphatic heterocycles. The molecule has 0 aliphatic carbocycles. The van der Waals surface area contributed by atoms with Crippen molar-refractivity contribution >= 4 is 52.4 Å². The highest BCUT2D eigenvalue weighted by Crippen LogP contribution is 2.30. The van der Waals surface area contributed by atoms with Crippen LogP contribution in [-0.2, 0) is 14.3 Å². The summed E-state index contributed by atoms with van der Waals surface area (Å²) in [6.45, 7) is 6.57. The number of anilines is 3. The van der Waals surface area contributed by atoms with Crippen molar-refractivity contribution in [2.75, 3.05) is 28.3 Å². The monoisotopic (exact) mass is 545 g/mol. The second kappa shape index (κ2) is 12.0. The molecule has 0 unspecified atom stereocenters. The predicted octanol–water partition coefficient (Wildman–Crippen LogP) is 5.66. The van der Waals surface area contributed by atoms with Crippen LogP contribution in [0.4, 0.5) is 17.1 Å². The summed E-state index contributed by atoms with van der Waals surface area (Å²) in [5, 5.41) is 2.65. The summed E-state index contributed by atoms with van der Waals surface area (Å²) in [5.74, 6) is -1.96. The number of benzene rings is 3. The summed E-state index contributed by atoms with van der Waals surface area (Å²) in [6, 6.07) is 20.2. The zero-order valence-corrected chi connectivity index (χ0v) is 22.6. The fourth-order valence-corrected chi connectivity index (χ4v) is 4.32. The summed E-state index contributed by atoms with van der Waals surface area (Å²) in [4.78, 5) is 53.8. The molecular weight excluding hydrogens is 518 g/mol. The number of amides is 3. The van der Waals surface area contributed by atoms with Crippen molar-refractivity contribution in [1.29, 1.82) is 0 Å². The maximum atomic E-state index is 13.1. The van der Waals surface area contributed by atoms with Crippen LogP contribution in [-0.4, -0.2) is 36.8 Å². The number of ether oxygens (including phenoxy) is 1. The van der Waals surface area contributed by atoms with Gasteiger partial charge in [0.05, 0.1) is 17.9 Å². The lowest BCUT2D eigenvalue weighted by atomic mass is 10.1. The van der Waals surface area contributed by atoms with Crippen LogP contribution in [0.5, 0.6) is 0 Å². The molecule has 0 radical (unpaired) electrons. The van der Waals surface area contributed by atoms with Crippen molar-refractivity contribution in [3.63, 3.8) is 0 Å². The zero-order chi connectivity index (χ0) is 28.1. The molecule has 1 N–H and O–H groups in total. The normalized spacial score (nSPS) is 13.1. The molecule has 0 atom stereocenters. The fraction of sp³-hybridized carbons (Fsp3) is 0.200. The number of carbonyl (C=O) groups is 4. The van der Waals surface area contributed by atoms with Crippen LogP contribution in [0, 0.1) is 6.92 Å². The Balaban J connectivity index is 1.47. The predicted molar refractivity (Wildman–Crippen MR) is 151 cm³/mol. The van der Waals surface area contributed by atoms with Crippen LogP contribution in [0.3, 0.4) is 0 Å². The van der Waals surface area contributed by atoms with Crippen molar-refractivity contribution in [3.8, 4) is 0 Å². The minimum absolute atomic E-state index is 0.0814. The van der Waals surface area contributed by atoms with Crippen molar-refractivity contribution in [2.45, 2.75) is 27.2 Å². The molecule has 0 aromatic heterocycles. The Labute approximate surface area is 231 Å². The van der Waals surface area contributed by atoms with E-state index >= 15 is 0 Å². The molecule has 39 heavy (non-hydrogen) atoms.